The molecule has 3 rings (SSSR count). The minimum atomic E-state index is -0.151. The molecule has 2 aromatic carbocycles. The van der Waals surface area contributed by atoms with Crippen molar-refractivity contribution in [3.8, 4) is 5.75 Å². The van der Waals surface area contributed by atoms with Crippen LogP contribution in [0.25, 0.3) is 11.8 Å². The maximum Gasteiger partial charge on any atom is 0.255 e. The summed E-state index contributed by atoms with van der Waals surface area (Å²) in [6.45, 7) is 0. The zero-order chi connectivity index (χ0) is 16.4. The van der Waals surface area contributed by atoms with Gasteiger partial charge < -0.3 is 10.1 Å². The Morgan fingerprint density at radius 3 is 2.43 bits per heavy atom. The highest BCUT2D eigenvalue weighted by atomic mass is 35.5. The monoisotopic (exact) mass is 345 g/mol. The van der Waals surface area contributed by atoms with Gasteiger partial charge in [-0.15, -0.1) is 0 Å². The van der Waals surface area contributed by atoms with E-state index < -0.39 is 0 Å². The number of hydrogen-bond donors (Lipinski definition) is 1. The maximum atomic E-state index is 12.1. The van der Waals surface area contributed by atoms with Crippen molar-refractivity contribution in [1.82, 2.24) is 5.32 Å². The van der Waals surface area contributed by atoms with Crippen LogP contribution in [0.2, 0.25) is 10.0 Å². The fourth-order valence-electron chi connectivity index (χ4n) is 2.26. The van der Waals surface area contributed by atoms with Crippen LogP contribution in [0.5, 0.6) is 5.75 Å². The Bertz CT molecular complexity index is 823. The molecule has 1 heterocycles. The number of ether oxygens (including phenoxy) is 1. The number of amides is 1. The SMILES string of the molecule is COc1ccc(/C=C2\C=C(c3ccc(Cl)c(Cl)c3)NC2=O)cc1. The molecule has 0 saturated carbocycles. The van der Waals surface area contributed by atoms with Gasteiger partial charge in [0.05, 0.1) is 17.2 Å². The topological polar surface area (TPSA) is 38.3 Å². The molecule has 3 nitrogen and oxygen atoms in total. The zero-order valence-electron chi connectivity index (χ0n) is 12.3. The first-order valence-electron chi connectivity index (χ1n) is 6.91. The van der Waals surface area contributed by atoms with E-state index in [9.17, 15) is 4.79 Å². The Labute approximate surface area is 144 Å². The molecule has 23 heavy (non-hydrogen) atoms. The molecule has 116 valence electrons. The smallest absolute Gasteiger partial charge is 0.255 e. The van der Waals surface area contributed by atoms with Gasteiger partial charge in [-0.3, -0.25) is 4.79 Å². The van der Waals surface area contributed by atoms with Gasteiger partial charge >= 0.3 is 0 Å². The summed E-state index contributed by atoms with van der Waals surface area (Å²) in [5, 5.41) is 3.77. The van der Waals surface area contributed by atoms with Crippen LogP contribution in [0.15, 0.2) is 54.1 Å². The van der Waals surface area contributed by atoms with Gasteiger partial charge in [-0.25, -0.2) is 0 Å². The number of carbonyl (C=O) groups excluding carboxylic acids is 1. The molecule has 0 aliphatic carbocycles. The van der Waals surface area contributed by atoms with E-state index >= 15 is 0 Å². The molecule has 5 heteroatoms. The first-order valence-corrected chi connectivity index (χ1v) is 7.66. The molecular formula is C18H13Cl2NO2. The quantitative estimate of drug-likeness (QED) is 0.828. The highest BCUT2D eigenvalue weighted by Crippen LogP contribution is 2.28. The van der Waals surface area contributed by atoms with E-state index in [2.05, 4.69) is 5.32 Å². The van der Waals surface area contributed by atoms with Gasteiger partial charge in [0.15, 0.2) is 0 Å². The summed E-state index contributed by atoms with van der Waals surface area (Å²) < 4.78 is 5.12. The molecule has 0 bridgehead atoms. The molecule has 1 amide bonds. The van der Waals surface area contributed by atoms with Gasteiger partial charge in [-0.05, 0) is 47.5 Å². The Balaban J connectivity index is 1.90. The number of nitrogens with one attached hydrogen (secondary N) is 1. The number of benzene rings is 2. The van der Waals surface area contributed by atoms with E-state index in [0.29, 0.717) is 21.3 Å². The van der Waals surface area contributed by atoms with Crippen LogP contribution in [0.3, 0.4) is 0 Å². The second-order valence-corrected chi connectivity index (χ2v) is 5.83. The largest absolute Gasteiger partial charge is 0.497 e. The van der Waals surface area contributed by atoms with Crippen LogP contribution in [0.1, 0.15) is 11.1 Å². The second-order valence-electron chi connectivity index (χ2n) is 5.01. The van der Waals surface area contributed by atoms with Crippen molar-refractivity contribution in [2.45, 2.75) is 0 Å². The van der Waals surface area contributed by atoms with Crippen LogP contribution >= 0.6 is 23.2 Å². The van der Waals surface area contributed by atoms with E-state index in [1.54, 1.807) is 25.3 Å². The molecular weight excluding hydrogens is 333 g/mol. The average Bonchev–Trinajstić information content (AvgIpc) is 2.92. The molecule has 0 spiro atoms. The van der Waals surface area contributed by atoms with Crippen molar-refractivity contribution >= 4 is 40.9 Å². The summed E-state index contributed by atoms with van der Waals surface area (Å²) in [7, 11) is 1.62. The highest BCUT2D eigenvalue weighted by molar-refractivity contribution is 6.42. The van der Waals surface area contributed by atoms with E-state index in [0.717, 1.165) is 16.9 Å². The lowest BCUT2D eigenvalue weighted by Gasteiger charge is -2.04. The predicted molar refractivity (Wildman–Crippen MR) is 93.6 cm³/mol. The van der Waals surface area contributed by atoms with E-state index in [1.165, 1.54) is 0 Å². The molecule has 0 aromatic heterocycles. The van der Waals surface area contributed by atoms with Crippen LogP contribution in [-0.4, -0.2) is 13.0 Å². The first-order chi connectivity index (χ1) is 11.1. The van der Waals surface area contributed by atoms with Crippen molar-refractivity contribution in [3.63, 3.8) is 0 Å². The lowest BCUT2D eigenvalue weighted by molar-refractivity contribution is -0.115. The third-order valence-electron chi connectivity index (χ3n) is 3.48. The third kappa shape index (κ3) is 3.41. The lowest BCUT2D eigenvalue weighted by atomic mass is 10.1. The Morgan fingerprint density at radius 2 is 1.78 bits per heavy atom. The molecule has 0 saturated heterocycles. The molecule has 1 aliphatic rings. The number of methoxy groups -OCH3 is 1. The van der Waals surface area contributed by atoms with Crippen molar-refractivity contribution < 1.29 is 9.53 Å². The molecule has 2 aromatic rings. The van der Waals surface area contributed by atoms with Crippen molar-refractivity contribution in [1.29, 1.82) is 0 Å². The fourth-order valence-corrected chi connectivity index (χ4v) is 2.56. The summed E-state index contributed by atoms with van der Waals surface area (Å²) in [4.78, 5) is 12.1. The Hall–Kier alpha value is -2.23. The molecule has 0 atom stereocenters. The van der Waals surface area contributed by atoms with E-state index in [1.807, 2.05) is 36.4 Å². The highest BCUT2D eigenvalue weighted by Gasteiger charge is 2.19. The number of rotatable bonds is 3. The van der Waals surface area contributed by atoms with Crippen LogP contribution in [-0.2, 0) is 4.79 Å². The van der Waals surface area contributed by atoms with Crippen molar-refractivity contribution in [2.24, 2.45) is 0 Å². The van der Waals surface area contributed by atoms with Crippen molar-refractivity contribution in [2.75, 3.05) is 7.11 Å². The van der Waals surface area contributed by atoms with Gasteiger partial charge in [-0.2, -0.15) is 0 Å². The minimum absolute atomic E-state index is 0.151. The van der Waals surface area contributed by atoms with Gasteiger partial charge in [0.25, 0.3) is 5.91 Å². The third-order valence-corrected chi connectivity index (χ3v) is 4.22. The standard InChI is InChI=1S/C18H13Cl2NO2/c1-23-14-5-2-11(3-6-14)8-13-10-17(21-18(13)22)12-4-7-15(19)16(20)9-12/h2-10H,1H3,(H,21,22)/b13-8+. The van der Waals surface area contributed by atoms with Crippen LogP contribution < -0.4 is 10.1 Å². The molecule has 0 fully saturated rings. The Morgan fingerprint density at radius 1 is 1.04 bits per heavy atom. The van der Waals surface area contributed by atoms with E-state index in [-0.39, 0.29) is 5.91 Å². The van der Waals surface area contributed by atoms with Gasteiger partial charge in [0, 0.05) is 11.3 Å². The molecule has 0 unspecified atom stereocenters. The fraction of sp³-hybridized carbons (Fsp3) is 0.0556. The van der Waals surface area contributed by atoms with Gasteiger partial charge in [0.2, 0.25) is 0 Å². The predicted octanol–water partition coefficient (Wildman–Crippen LogP) is 4.56. The summed E-state index contributed by atoms with van der Waals surface area (Å²) >= 11 is 11.9. The van der Waals surface area contributed by atoms with E-state index in [4.69, 9.17) is 27.9 Å². The normalized spacial score (nSPS) is 15.5. The number of hydrogen-bond acceptors (Lipinski definition) is 2. The average molecular weight is 346 g/mol. The Kier molecular flexibility index (Phi) is 4.42. The lowest BCUT2D eigenvalue weighted by Crippen LogP contribution is -2.15. The molecule has 1 aliphatic heterocycles. The second kappa shape index (κ2) is 6.49. The number of halogens is 2. The molecule has 0 radical (unpaired) electrons. The summed E-state index contributed by atoms with van der Waals surface area (Å²) in [5.41, 5.74) is 3.01. The maximum absolute atomic E-state index is 12.1. The first kappa shape index (κ1) is 15.7. The summed E-state index contributed by atoms with van der Waals surface area (Å²) in [6.07, 6.45) is 3.62. The number of carbonyl (C=O) groups is 1. The zero-order valence-corrected chi connectivity index (χ0v) is 13.8. The summed E-state index contributed by atoms with van der Waals surface area (Å²) in [6, 6.07) is 12.7. The molecule has 1 N–H and O–H groups in total. The van der Waals surface area contributed by atoms with Crippen LogP contribution in [0, 0.1) is 0 Å². The van der Waals surface area contributed by atoms with Crippen molar-refractivity contribution in [3.05, 3.63) is 75.3 Å². The minimum Gasteiger partial charge on any atom is -0.497 e. The summed E-state index contributed by atoms with van der Waals surface area (Å²) in [5.74, 6) is 0.622. The van der Waals surface area contributed by atoms with Gasteiger partial charge in [0.1, 0.15) is 5.75 Å². The van der Waals surface area contributed by atoms with Gasteiger partial charge in [-0.1, -0.05) is 41.4 Å². The van der Waals surface area contributed by atoms with Crippen LogP contribution in [0.4, 0.5) is 0 Å².